The van der Waals surface area contributed by atoms with E-state index in [1.807, 2.05) is 19.9 Å². The summed E-state index contributed by atoms with van der Waals surface area (Å²) in [6.45, 7) is 12.1. The molecular formula is C38H64O16. The number of rotatable bonds is 19. The Bertz CT molecular complexity index is 1240. The third-order valence-electron chi connectivity index (χ3n) is 10.3. The molecule has 0 saturated carbocycles. The number of aliphatic hydroxyl groups excluding tert-OH is 10. The van der Waals surface area contributed by atoms with E-state index in [4.69, 9.17) is 28.4 Å². The fourth-order valence-electron chi connectivity index (χ4n) is 6.45. The van der Waals surface area contributed by atoms with Crippen molar-refractivity contribution in [1.82, 2.24) is 0 Å². The van der Waals surface area contributed by atoms with Crippen molar-refractivity contribution in [2.24, 2.45) is 0 Å². The molecule has 312 valence electrons. The molecule has 54 heavy (non-hydrogen) atoms. The SMILES string of the molecule is C=CC(C)(CC/C=C(\C)CC/C=C(/C)CC/C=C(\C)COC1OC(CO)C(O)C(O)C1O)OC1OC(CO)C(OC2OC(C)C(O)C(O)C2O)C(O)C1O. The van der Waals surface area contributed by atoms with E-state index in [2.05, 4.69) is 25.7 Å². The van der Waals surface area contributed by atoms with Crippen molar-refractivity contribution in [3.05, 3.63) is 47.6 Å². The van der Waals surface area contributed by atoms with Crippen LogP contribution < -0.4 is 0 Å². The molecule has 0 bridgehead atoms. The minimum Gasteiger partial charge on any atom is -0.394 e. The topological polar surface area (TPSA) is 258 Å². The maximum absolute atomic E-state index is 11.0. The van der Waals surface area contributed by atoms with Crippen LogP contribution in [0.3, 0.4) is 0 Å². The number of hydrogen-bond acceptors (Lipinski definition) is 16. The minimum absolute atomic E-state index is 0.154. The van der Waals surface area contributed by atoms with Crippen molar-refractivity contribution >= 4 is 0 Å². The molecule has 0 amide bonds. The molecule has 16 unspecified atom stereocenters. The molecule has 0 spiro atoms. The normalized spacial score (nSPS) is 39.7. The Morgan fingerprint density at radius 3 is 1.74 bits per heavy atom. The Hall–Kier alpha value is -1.68. The van der Waals surface area contributed by atoms with E-state index >= 15 is 0 Å². The molecule has 16 nitrogen and oxygen atoms in total. The van der Waals surface area contributed by atoms with Crippen LogP contribution in [0.4, 0.5) is 0 Å². The van der Waals surface area contributed by atoms with Gasteiger partial charge in [-0.25, -0.2) is 0 Å². The maximum atomic E-state index is 11.0. The van der Waals surface area contributed by atoms with Gasteiger partial charge in [-0.3, -0.25) is 0 Å². The van der Waals surface area contributed by atoms with Gasteiger partial charge in [0.15, 0.2) is 18.9 Å². The molecule has 0 aliphatic carbocycles. The first-order valence-corrected chi connectivity index (χ1v) is 18.6. The average Bonchev–Trinajstić information content (AvgIpc) is 3.14. The van der Waals surface area contributed by atoms with E-state index in [1.165, 1.54) is 18.1 Å². The standard InChI is InChI=1S/C38H64O16/c1-7-38(6,54-37-33(48)30(45)34(25(18-40)52-37)53-36-32(47)28(43)26(41)23(5)50-36)16-10-15-21(3)12-8-11-20(2)13-9-14-22(4)19-49-35-31(46)29(44)27(42)24(17-39)51-35/h7,11,14-15,23-37,39-48H,1,8-10,12-13,16-19H2,2-6H3/b20-11-,21-15+,22-14+. The van der Waals surface area contributed by atoms with Gasteiger partial charge >= 0.3 is 0 Å². The minimum atomic E-state index is -1.66. The fraction of sp³-hybridized carbons (Fsp3) is 0.789. The first kappa shape index (κ1) is 46.7. The third-order valence-corrected chi connectivity index (χ3v) is 10.3. The molecule has 3 aliphatic heterocycles. The van der Waals surface area contributed by atoms with Gasteiger partial charge in [0, 0.05) is 0 Å². The van der Waals surface area contributed by atoms with Gasteiger partial charge < -0.3 is 79.5 Å². The van der Waals surface area contributed by atoms with Crippen LogP contribution in [0, 0.1) is 0 Å². The second-order valence-corrected chi connectivity index (χ2v) is 14.9. The van der Waals surface area contributed by atoms with E-state index in [9.17, 15) is 51.1 Å². The van der Waals surface area contributed by atoms with Crippen LogP contribution in [0.1, 0.15) is 73.1 Å². The zero-order valence-corrected chi connectivity index (χ0v) is 32.0. The van der Waals surface area contributed by atoms with Gasteiger partial charge in [-0.05, 0) is 73.1 Å². The van der Waals surface area contributed by atoms with E-state index in [0.717, 1.165) is 31.3 Å². The van der Waals surface area contributed by atoms with Gasteiger partial charge in [-0.2, -0.15) is 0 Å². The highest BCUT2D eigenvalue weighted by atomic mass is 16.7. The van der Waals surface area contributed by atoms with Crippen LogP contribution in [-0.4, -0.2) is 169 Å². The lowest BCUT2D eigenvalue weighted by Gasteiger charge is -2.47. The second kappa shape index (κ2) is 21.7. The summed E-state index contributed by atoms with van der Waals surface area (Å²) >= 11 is 0. The van der Waals surface area contributed by atoms with Crippen LogP contribution >= 0.6 is 0 Å². The molecule has 10 N–H and O–H groups in total. The van der Waals surface area contributed by atoms with Gasteiger partial charge in [0.25, 0.3) is 0 Å². The molecule has 0 aromatic carbocycles. The zero-order chi connectivity index (χ0) is 40.3. The Kier molecular flexibility index (Phi) is 18.8. The smallest absolute Gasteiger partial charge is 0.187 e. The molecule has 3 rings (SSSR count). The van der Waals surface area contributed by atoms with Crippen LogP contribution in [0.25, 0.3) is 0 Å². The quantitative estimate of drug-likeness (QED) is 0.0749. The van der Waals surface area contributed by atoms with E-state index < -0.39 is 111 Å². The van der Waals surface area contributed by atoms with Gasteiger partial charge in [0.05, 0.1) is 31.5 Å². The van der Waals surface area contributed by atoms with Gasteiger partial charge in [-0.15, -0.1) is 6.58 Å². The van der Waals surface area contributed by atoms with Crippen molar-refractivity contribution in [1.29, 1.82) is 0 Å². The lowest BCUT2D eigenvalue weighted by atomic mass is 9.95. The van der Waals surface area contributed by atoms with Crippen molar-refractivity contribution in [2.45, 2.75) is 171 Å². The molecule has 3 fully saturated rings. The summed E-state index contributed by atoms with van der Waals surface area (Å²) in [6, 6.07) is 0. The molecule has 3 saturated heterocycles. The van der Waals surface area contributed by atoms with Crippen LogP contribution in [-0.2, 0) is 28.4 Å². The van der Waals surface area contributed by atoms with Crippen molar-refractivity contribution in [3.63, 3.8) is 0 Å². The summed E-state index contributed by atoms with van der Waals surface area (Å²) in [5.74, 6) is 0. The predicted molar refractivity (Wildman–Crippen MR) is 193 cm³/mol. The lowest BCUT2D eigenvalue weighted by molar-refractivity contribution is -0.363. The first-order chi connectivity index (χ1) is 25.5. The Labute approximate surface area is 317 Å². The van der Waals surface area contributed by atoms with Crippen molar-refractivity contribution in [3.8, 4) is 0 Å². The molecule has 3 heterocycles. The molecular weight excluding hydrogens is 712 g/mol. The van der Waals surface area contributed by atoms with Crippen LogP contribution in [0.15, 0.2) is 47.6 Å². The lowest BCUT2D eigenvalue weighted by Crippen LogP contribution is -2.64. The Balaban J connectivity index is 1.42. The van der Waals surface area contributed by atoms with Crippen LogP contribution in [0.5, 0.6) is 0 Å². The Morgan fingerprint density at radius 1 is 0.630 bits per heavy atom. The van der Waals surface area contributed by atoms with Gasteiger partial charge in [0.2, 0.25) is 0 Å². The second-order valence-electron chi connectivity index (χ2n) is 14.9. The number of allylic oxidation sites excluding steroid dienone is 5. The van der Waals surface area contributed by atoms with Gasteiger partial charge in [-0.1, -0.05) is 41.0 Å². The molecule has 16 heteroatoms. The largest absolute Gasteiger partial charge is 0.394 e. The van der Waals surface area contributed by atoms with E-state index in [1.54, 1.807) is 13.0 Å². The molecule has 0 aromatic heterocycles. The highest BCUT2D eigenvalue weighted by Crippen LogP contribution is 2.33. The maximum Gasteiger partial charge on any atom is 0.187 e. The highest BCUT2D eigenvalue weighted by Gasteiger charge is 2.51. The van der Waals surface area contributed by atoms with Gasteiger partial charge in [0.1, 0.15) is 67.1 Å². The summed E-state index contributed by atoms with van der Waals surface area (Å²) in [6.07, 6.45) is -8.31. The summed E-state index contributed by atoms with van der Waals surface area (Å²) in [5.41, 5.74) is 2.33. The number of ether oxygens (including phenoxy) is 6. The summed E-state index contributed by atoms with van der Waals surface area (Å²) in [5, 5.41) is 102. The third kappa shape index (κ3) is 12.7. The summed E-state index contributed by atoms with van der Waals surface area (Å²) in [7, 11) is 0. The molecule has 3 aliphatic rings. The van der Waals surface area contributed by atoms with Crippen LogP contribution in [0.2, 0.25) is 0 Å². The molecule has 16 atom stereocenters. The predicted octanol–water partition coefficient (Wildman–Crippen LogP) is -0.405. The van der Waals surface area contributed by atoms with Crippen molar-refractivity contribution < 1.29 is 79.5 Å². The fourth-order valence-corrected chi connectivity index (χ4v) is 6.45. The van der Waals surface area contributed by atoms with E-state index in [0.29, 0.717) is 12.8 Å². The zero-order valence-electron chi connectivity index (χ0n) is 32.0. The monoisotopic (exact) mass is 776 g/mol. The summed E-state index contributed by atoms with van der Waals surface area (Å²) < 4.78 is 34.0. The summed E-state index contributed by atoms with van der Waals surface area (Å²) in [4.78, 5) is 0. The molecule has 0 aromatic rings. The number of hydrogen-bond donors (Lipinski definition) is 10. The first-order valence-electron chi connectivity index (χ1n) is 18.6. The number of aliphatic hydroxyl groups is 10. The average molecular weight is 777 g/mol. The van der Waals surface area contributed by atoms with Crippen molar-refractivity contribution in [2.75, 3.05) is 19.8 Å². The van der Waals surface area contributed by atoms with E-state index in [-0.39, 0.29) is 6.61 Å². The Morgan fingerprint density at radius 2 is 1.15 bits per heavy atom. The highest BCUT2D eigenvalue weighted by molar-refractivity contribution is 5.07. The molecule has 0 radical (unpaired) electrons.